The SMILES string of the molecule is Cc1ccc(C)c(S(=O)(=O)NCC(=O)N2CCCCCC2)c1. The molecule has 1 aliphatic rings. The smallest absolute Gasteiger partial charge is 0.241 e. The number of aryl methyl sites for hydroxylation is 2. The summed E-state index contributed by atoms with van der Waals surface area (Å²) in [4.78, 5) is 14.2. The zero-order chi connectivity index (χ0) is 16.2. The number of nitrogens with zero attached hydrogens (tertiary/aromatic N) is 1. The second-order valence-electron chi connectivity index (χ2n) is 5.89. The maximum atomic E-state index is 12.4. The lowest BCUT2D eigenvalue weighted by atomic mass is 10.2. The average Bonchev–Trinajstić information content (AvgIpc) is 2.76. The van der Waals surface area contributed by atoms with Crippen LogP contribution in [0.1, 0.15) is 36.8 Å². The highest BCUT2D eigenvalue weighted by molar-refractivity contribution is 7.89. The van der Waals surface area contributed by atoms with E-state index >= 15 is 0 Å². The number of benzene rings is 1. The normalized spacial score (nSPS) is 16.4. The van der Waals surface area contributed by atoms with Gasteiger partial charge in [0.1, 0.15) is 0 Å². The number of carbonyl (C=O) groups is 1. The van der Waals surface area contributed by atoms with Crippen LogP contribution in [0.15, 0.2) is 23.1 Å². The predicted octanol–water partition coefficient (Wildman–Crippen LogP) is 1.98. The van der Waals surface area contributed by atoms with Gasteiger partial charge in [0.2, 0.25) is 15.9 Å². The summed E-state index contributed by atoms with van der Waals surface area (Å²) in [6.45, 7) is 4.88. The van der Waals surface area contributed by atoms with E-state index in [1.54, 1.807) is 24.0 Å². The number of nitrogens with one attached hydrogen (secondary N) is 1. The van der Waals surface area contributed by atoms with E-state index in [9.17, 15) is 13.2 Å². The second kappa shape index (κ2) is 7.24. The van der Waals surface area contributed by atoms with Gasteiger partial charge in [-0.1, -0.05) is 25.0 Å². The quantitative estimate of drug-likeness (QED) is 0.921. The molecule has 0 saturated carbocycles. The minimum Gasteiger partial charge on any atom is -0.342 e. The van der Waals surface area contributed by atoms with E-state index in [4.69, 9.17) is 0 Å². The highest BCUT2D eigenvalue weighted by Crippen LogP contribution is 2.16. The van der Waals surface area contributed by atoms with Crippen LogP contribution in [0.25, 0.3) is 0 Å². The van der Waals surface area contributed by atoms with Crippen molar-refractivity contribution < 1.29 is 13.2 Å². The molecule has 1 aromatic rings. The Morgan fingerprint density at radius 3 is 2.41 bits per heavy atom. The van der Waals surface area contributed by atoms with Crippen LogP contribution in [-0.2, 0) is 14.8 Å². The zero-order valence-corrected chi connectivity index (χ0v) is 14.1. The number of carbonyl (C=O) groups excluding carboxylic acids is 1. The van der Waals surface area contributed by atoms with Crippen LogP contribution in [0.4, 0.5) is 0 Å². The third-order valence-electron chi connectivity index (χ3n) is 4.01. The van der Waals surface area contributed by atoms with Gasteiger partial charge < -0.3 is 4.90 Å². The van der Waals surface area contributed by atoms with Crippen molar-refractivity contribution in [3.05, 3.63) is 29.3 Å². The number of rotatable bonds is 4. The van der Waals surface area contributed by atoms with Gasteiger partial charge in [0.15, 0.2) is 0 Å². The zero-order valence-electron chi connectivity index (χ0n) is 13.3. The number of hydrogen-bond acceptors (Lipinski definition) is 3. The van der Waals surface area contributed by atoms with Crippen LogP contribution in [0, 0.1) is 13.8 Å². The minimum atomic E-state index is -3.65. The Morgan fingerprint density at radius 2 is 1.77 bits per heavy atom. The lowest BCUT2D eigenvalue weighted by Crippen LogP contribution is -2.40. The van der Waals surface area contributed by atoms with Crippen molar-refractivity contribution in [1.29, 1.82) is 0 Å². The van der Waals surface area contributed by atoms with Crippen LogP contribution >= 0.6 is 0 Å². The molecule has 1 heterocycles. The van der Waals surface area contributed by atoms with Gasteiger partial charge >= 0.3 is 0 Å². The van der Waals surface area contributed by atoms with Gasteiger partial charge in [-0.3, -0.25) is 4.79 Å². The maximum absolute atomic E-state index is 12.4. The van der Waals surface area contributed by atoms with E-state index < -0.39 is 10.0 Å². The lowest BCUT2D eigenvalue weighted by molar-refractivity contribution is -0.129. The Labute approximate surface area is 132 Å². The largest absolute Gasteiger partial charge is 0.342 e. The van der Waals surface area contributed by atoms with Gasteiger partial charge in [-0.05, 0) is 43.9 Å². The van der Waals surface area contributed by atoms with E-state index in [1.165, 1.54) is 0 Å². The molecule has 1 N–H and O–H groups in total. The summed E-state index contributed by atoms with van der Waals surface area (Å²) < 4.78 is 27.2. The molecular formula is C16H24N2O3S. The highest BCUT2D eigenvalue weighted by atomic mass is 32.2. The van der Waals surface area contributed by atoms with Gasteiger partial charge in [-0.25, -0.2) is 13.1 Å². The van der Waals surface area contributed by atoms with Crippen molar-refractivity contribution in [1.82, 2.24) is 9.62 Å². The molecule has 0 aromatic heterocycles. The van der Waals surface area contributed by atoms with E-state index in [0.29, 0.717) is 5.56 Å². The molecule has 0 atom stereocenters. The summed E-state index contributed by atoms with van der Waals surface area (Å²) in [5.41, 5.74) is 1.56. The standard InChI is InChI=1S/C16H24N2O3S/c1-13-7-8-14(2)15(11-13)22(20,21)17-12-16(19)18-9-5-3-4-6-10-18/h7-8,11,17H,3-6,9-10,12H2,1-2H3. The molecule has 1 fully saturated rings. The Bertz CT molecular complexity index is 633. The predicted molar refractivity (Wildman–Crippen MR) is 86.2 cm³/mol. The van der Waals surface area contributed by atoms with Crippen molar-refractivity contribution in [3.8, 4) is 0 Å². The molecule has 0 spiro atoms. The fourth-order valence-electron chi connectivity index (χ4n) is 2.66. The first-order valence-electron chi connectivity index (χ1n) is 7.75. The summed E-state index contributed by atoms with van der Waals surface area (Å²) in [6, 6.07) is 5.28. The molecule has 1 aliphatic heterocycles. The van der Waals surface area contributed by atoms with Crippen molar-refractivity contribution in [2.75, 3.05) is 19.6 Å². The lowest BCUT2D eigenvalue weighted by Gasteiger charge is -2.20. The van der Waals surface area contributed by atoms with Gasteiger partial charge in [0.25, 0.3) is 0 Å². The van der Waals surface area contributed by atoms with Gasteiger partial charge in [0.05, 0.1) is 11.4 Å². The molecule has 1 saturated heterocycles. The number of likely N-dealkylation sites (tertiary alicyclic amines) is 1. The van der Waals surface area contributed by atoms with Crippen LogP contribution < -0.4 is 4.72 Å². The molecular weight excluding hydrogens is 300 g/mol. The number of hydrogen-bond donors (Lipinski definition) is 1. The summed E-state index contributed by atoms with van der Waals surface area (Å²) >= 11 is 0. The van der Waals surface area contributed by atoms with Crippen LogP contribution in [0.3, 0.4) is 0 Å². The Hall–Kier alpha value is -1.40. The molecule has 22 heavy (non-hydrogen) atoms. The van der Waals surface area contributed by atoms with Crippen molar-refractivity contribution >= 4 is 15.9 Å². The summed E-state index contributed by atoms with van der Waals surface area (Å²) in [6.07, 6.45) is 4.26. The third kappa shape index (κ3) is 4.30. The molecule has 1 amide bonds. The molecule has 0 unspecified atom stereocenters. The first-order valence-corrected chi connectivity index (χ1v) is 9.23. The Balaban J connectivity index is 2.03. The first-order chi connectivity index (χ1) is 10.4. The summed E-state index contributed by atoms with van der Waals surface area (Å²) in [5.74, 6) is -0.143. The number of sulfonamides is 1. The minimum absolute atomic E-state index is 0.143. The summed E-state index contributed by atoms with van der Waals surface area (Å²) in [7, 11) is -3.65. The van der Waals surface area contributed by atoms with E-state index in [-0.39, 0.29) is 17.3 Å². The van der Waals surface area contributed by atoms with Gasteiger partial charge in [0, 0.05) is 13.1 Å². The van der Waals surface area contributed by atoms with Crippen LogP contribution in [0.5, 0.6) is 0 Å². The van der Waals surface area contributed by atoms with E-state index in [1.807, 2.05) is 13.0 Å². The Kier molecular flexibility index (Phi) is 5.58. The monoisotopic (exact) mass is 324 g/mol. The van der Waals surface area contributed by atoms with Crippen molar-refractivity contribution in [2.24, 2.45) is 0 Å². The molecule has 1 aromatic carbocycles. The fraction of sp³-hybridized carbons (Fsp3) is 0.562. The molecule has 0 radical (unpaired) electrons. The molecule has 6 heteroatoms. The first kappa shape index (κ1) is 17.0. The van der Waals surface area contributed by atoms with E-state index in [0.717, 1.165) is 44.3 Å². The van der Waals surface area contributed by atoms with E-state index in [2.05, 4.69) is 4.72 Å². The summed E-state index contributed by atoms with van der Waals surface area (Å²) in [5, 5.41) is 0. The third-order valence-corrected chi connectivity index (χ3v) is 5.55. The molecule has 2 rings (SSSR count). The van der Waals surface area contributed by atoms with Gasteiger partial charge in [-0.15, -0.1) is 0 Å². The maximum Gasteiger partial charge on any atom is 0.241 e. The molecule has 0 aliphatic carbocycles. The Morgan fingerprint density at radius 1 is 1.14 bits per heavy atom. The van der Waals surface area contributed by atoms with Crippen molar-refractivity contribution in [2.45, 2.75) is 44.4 Å². The van der Waals surface area contributed by atoms with Crippen LogP contribution in [0.2, 0.25) is 0 Å². The van der Waals surface area contributed by atoms with Gasteiger partial charge in [-0.2, -0.15) is 0 Å². The second-order valence-corrected chi connectivity index (χ2v) is 7.62. The molecule has 5 nitrogen and oxygen atoms in total. The van der Waals surface area contributed by atoms with Crippen molar-refractivity contribution in [3.63, 3.8) is 0 Å². The molecule has 0 bridgehead atoms. The topological polar surface area (TPSA) is 66.5 Å². The molecule has 122 valence electrons. The average molecular weight is 324 g/mol. The highest BCUT2D eigenvalue weighted by Gasteiger charge is 2.21. The number of amides is 1. The fourth-order valence-corrected chi connectivity index (χ4v) is 3.97. The van der Waals surface area contributed by atoms with Crippen LogP contribution in [-0.4, -0.2) is 38.9 Å².